The van der Waals surface area contributed by atoms with Gasteiger partial charge < -0.3 is 24.1 Å². The Hall–Kier alpha value is -2.63. The molecule has 0 saturated carbocycles. The summed E-state index contributed by atoms with van der Waals surface area (Å²) in [5.74, 6) is 2.06. The minimum atomic E-state index is -0.171. The first-order chi connectivity index (χ1) is 11.2. The van der Waals surface area contributed by atoms with Gasteiger partial charge >= 0.3 is 6.03 Å². The van der Waals surface area contributed by atoms with E-state index in [4.69, 9.17) is 13.9 Å². The highest BCUT2D eigenvalue weighted by atomic mass is 16.5. The molecule has 1 aliphatic rings. The molecule has 0 aliphatic carbocycles. The summed E-state index contributed by atoms with van der Waals surface area (Å²) in [6, 6.07) is 8.85. The lowest BCUT2D eigenvalue weighted by Gasteiger charge is -2.24. The number of carbonyl (C=O) groups excluding carboxylic acids is 1. The van der Waals surface area contributed by atoms with E-state index in [9.17, 15) is 4.79 Å². The van der Waals surface area contributed by atoms with E-state index in [0.29, 0.717) is 23.7 Å². The lowest BCUT2D eigenvalue weighted by Crippen LogP contribution is -2.34. The molecule has 0 spiro atoms. The lowest BCUT2D eigenvalue weighted by molar-refractivity contribution is 0.199. The fourth-order valence-corrected chi connectivity index (χ4v) is 2.89. The average Bonchev–Trinajstić information content (AvgIpc) is 3.25. The van der Waals surface area contributed by atoms with E-state index in [-0.39, 0.29) is 12.1 Å². The molecule has 2 aromatic rings. The van der Waals surface area contributed by atoms with Crippen molar-refractivity contribution in [3.05, 3.63) is 42.4 Å². The molecule has 6 heteroatoms. The lowest BCUT2D eigenvalue weighted by atomic mass is 10.2. The third kappa shape index (κ3) is 3.11. The highest BCUT2D eigenvalue weighted by Gasteiger charge is 2.32. The van der Waals surface area contributed by atoms with E-state index in [1.54, 1.807) is 43.6 Å². The number of benzene rings is 1. The molecule has 0 bridgehead atoms. The molecular weight excluding hydrogens is 296 g/mol. The number of ether oxygens (including phenoxy) is 2. The Labute approximate surface area is 135 Å². The van der Waals surface area contributed by atoms with Crippen LogP contribution in [0.2, 0.25) is 0 Å². The van der Waals surface area contributed by atoms with Crippen LogP contribution in [0.3, 0.4) is 0 Å². The highest BCUT2D eigenvalue weighted by Crippen LogP contribution is 2.34. The molecule has 6 nitrogen and oxygen atoms in total. The zero-order valence-corrected chi connectivity index (χ0v) is 13.2. The van der Waals surface area contributed by atoms with Gasteiger partial charge in [-0.25, -0.2) is 4.79 Å². The number of nitrogens with one attached hydrogen (secondary N) is 1. The summed E-state index contributed by atoms with van der Waals surface area (Å²) in [7, 11) is 3.15. The van der Waals surface area contributed by atoms with E-state index in [2.05, 4.69) is 5.32 Å². The van der Waals surface area contributed by atoms with Crippen LogP contribution in [-0.4, -0.2) is 31.7 Å². The summed E-state index contributed by atoms with van der Waals surface area (Å²) in [5.41, 5.74) is 0.585. The monoisotopic (exact) mass is 316 g/mol. The molecule has 3 rings (SSSR count). The minimum Gasteiger partial charge on any atom is -0.497 e. The first-order valence-corrected chi connectivity index (χ1v) is 7.56. The molecule has 1 aromatic carbocycles. The Balaban J connectivity index is 1.78. The van der Waals surface area contributed by atoms with Crippen LogP contribution in [0.5, 0.6) is 11.5 Å². The van der Waals surface area contributed by atoms with Crippen LogP contribution in [-0.2, 0) is 0 Å². The average molecular weight is 316 g/mol. The smallest absolute Gasteiger partial charge is 0.322 e. The number of methoxy groups -OCH3 is 2. The van der Waals surface area contributed by atoms with Crippen molar-refractivity contribution in [1.82, 2.24) is 4.90 Å². The second kappa shape index (κ2) is 6.64. The zero-order chi connectivity index (χ0) is 16.2. The molecular formula is C17H20N2O4. The number of anilines is 1. The second-order valence-electron chi connectivity index (χ2n) is 5.36. The van der Waals surface area contributed by atoms with Gasteiger partial charge in [0.05, 0.1) is 32.2 Å². The van der Waals surface area contributed by atoms with Gasteiger partial charge in [-0.05, 0) is 37.1 Å². The number of amides is 2. The maximum atomic E-state index is 12.7. The Morgan fingerprint density at radius 3 is 2.87 bits per heavy atom. The van der Waals surface area contributed by atoms with Crippen LogP contribution in [0, 0.1) is 0 Å². The first kappa shape index (κ1) is 15.3. The van der Waals surface area contributed by atoms with Gasteiger partial charge in [-0.3, -0.25) is 0 Å². The van der Waals surface area contributed by atoms with Crippen LogP contribution < -0.4 is 14.8 Å². The van der Waals surface area contributed by atoms with E-state index >= 15 is 0 Å². The summed E-state index contributed by atoms with van der Waals surface area (Å²) >= 11 is 0. The Morgan fingerprint density at radius 2 is 2.17 bits per heavy atom. The van der Waals surface area contributed by atoms with Crippen LogP contribution in [0.1, 0.15) is 24.6 Å². The summed E-state index contributed by atoms with van der Waals surface area (Å²) in [5, 5.41) is 2.91. The summed E-state index contributed by atoms with van der Waals surface area (Å²) < 4.78 is 16.0. The largest absolute Gasteiger partial charge is 0.497 e. The molecule has 0 radical (unpaired) electrons. The fraction of sp³-hybridized carbons (Fsp3) is 0.353. The van der Waals surface area contributed by atoms with Gasteiger partial charge in [-0.15, -0.1) is 0 Å². The second-order valence-corrected chi connectivity index (χ2v) is 5.36. The summed E-state index contributed by atoms with van der Waals surface area (Å²) in [6.45, 7) is 0.698. The third-order valence-electron chi connectivity index (χ3n) is 4.03. The van der Waals surface area contributed by atoms with Gasteiger partial charge in [0.2, 0.25) is 0 Å². The van der Waals surface area contributed by atoms with Gasteiger partial charge in [0.25, 0.3) is 0 Å². The predicted molar refractivity (Wildman–Crippen MR) is 86.0 cm³/mol. The normalized spacial score (nSPS) is 17.1. The number of nitrogens with zero attached hydrogens (tertiary/aromatic N) is 1. The number of hydrogen-bond acceptors (Lipinski definition) is 4. The standard InChI is InChI=1S/C17H20N2O4/c1-21-12-7-8-15(22-2)13(11-12)18-17(20)19-9-3-5-14(19)16-6-4-10-23-16/h4,6-8,10-11,14H,3,5,9H2,1-2H3,(H,18,20)/t14-/m0/s1. The van der Waals surface area contributed by atoms with Crippen LogP contribution in [0.25, 0.3) is 0 Å². The van der Waals surface area contributed by atoms with Crippen molar-refractivity contribution in [2.45, 2.75) is 18.9 Å². The molecule has 1 fully saturated rings. The number of likely N-dealkylation sites (tertiary alicyclic amines) is 1. The molecule has 122 valence electrons. The van der Waals surface area contributed by atoms with E-state index in [1.807, 2.05) is 12.1 Å². The fourth-order valence-electron chi connectivity index (χ4n) is 2.89. The van der Waals surface area contributed by atoms with Gasteiger partial charge in [0.15, 0.2) is 0 Å². The van der Waals surface area contributed by atoms with Gasteiger partial charge in [-0.2, -0.15) is 0 Å². The van der Waals surface area contributed by atoms with E-state index in [1.165, 1.54) is 0 Å². The van der Waals surface area contributed by atoms with Crippen LogP contribution >= 0.6 is 0 Å². The van der Waals surface area contributed by atoms with E-state index in [0.717, 1.165) is 18.6 Å². The van der Waals surface area contributed by atoms with Crippen molar-refractivity contribution in [1.29, 1.82) is 0 Å². The number of carbonyl (C=O) groups is 1. The van der Waals surface area contributed by atoms with Gasteiger partial charge in [0.1, 0.15) is 17.3 Å². The molecule has 1 N–H and O–H groups in total. The number of hydrogen-bond donors (Lipinski definition) is 1. The van der Waals surface area contributed by atoms with Gasteiger partial charge in [0, 0.05) is 12.6 Å². The molecule has 0 unspecified atom stereocenters. The SMILES string of the molecule is COc1ccc(OC)c(NC(=O)N2CCC[C@H]2c2ccco2)c1. The molecule has 1 aromatic heterocycles. The Morgan fingerprint density at radius 1 is 1.30 bits per heavy atom. The molecule has 23 heavy (non-hydrogen) atoms. The molecule has 1 atom stereocenters. The summed E-state index contributed by atoms with van der Waals surface area (Å²) in [6.07, 6.45) is 3.49. The topological polar surface area (TPSA) is 63.9 Å². The molecule has 1 aliphatic heterocycles. The maximum absolute atomic E-state index is 12.7. The van der Waals surface area contributed by atoms with Crippen molar-refractivity contribution >= 4 is 11.7 Å². The quantitative estimate of drug-likeness (QED) is 0.935. The number of rotatable bonds is 4. The Kier molecular flexibility index (Phi) is 4.41. The Bertz CT molecular complexity index is 669. The molecule has 2 heterocycles. The maximum Gasteiger partial charge on any atom is 0.322 e. The van der Waals surface area contributed by atoms with Gasteiger partial charge in [-0.1, -0.05) is 0 Å². The van der Waals surface area contributed by atoms with Crippen LogP contribution in [0.4, 0.5) is 10.5 Å². The van der Waals surface area contributed by atoms with Crippen molar-refractivity contribution in [2.75, 3.05) is 26.1 Å². The minimum absolute atomic E-state index is 0.0263. The zero-order valence-electron chi connectivity index (χ0n) is 13.2. The van der Waals surface area contributed by atoms with E-state index < -0.39 is 0 Å². The first-order valence-electron chi connectivity index (χ1n) is 7.56. The van der Waals surface area contributed by atoms with Crippen molar-refractivity contribution < 1.29 is 18.7 Å². The van der Waals surface area contributed by atoms with Crippen molar-refractivity contribution in [3.63, 3.8) is 0 Å². The van der Waals surface area contributed by atoms with Crippen molar-refractivity contribution in [3.8, 4) is 11.5 Å². The number of urea groups is 1. The van der Waals surface area contributed by atoms with Crippen LogP contribution in [0.15, 0.2) is 41.0 Å². The third-order valence-corrected chi connectivity index (χ3v) is 4.03. The molecule has 2 amide bonds. The summed E-state index contributed by atoms with van der Waals surface area (Å²) in [4.78, 5) is 14.5. The molecule has 1 saturated heterocycles. The number of furan rings is 1. The predicted octanol–water partition coefficient (Wildman–Crippen LogP) is 3.67. The van der Waals surface area contributed by atoms with Crippen molar-refractivity contribution in [2.24, 2.45) is 0 Å². The highest BCUT2D eigenvalue weighted by molar-refractivity contribution is 5.91.